The third-order valence-corrected chi connectivity index (χ3v) is 7.11. The van der Waals surface area contributed by atoms with Crippen LogP contribution in [0, 0.1) is 13.8 Å². The highest BCUT2D eigenvalue weighted by molar-refractivity contribution is 7.91. The molecule has 1 unspecified atom stereocenters. The number of nitrogens with one attached hydrogen (secondary N) is 2. The molecule has 152 valence electrons. The Labute approximate surface area is 174 Å². The summed E-state index contributed by atoms with van der Waals surface area (Å²) in [6.45, 7) is 5.70. The zero-order valence-corrected chi connectivity index (χ0v) is 18.0. The molecule has 0 aliphatic rings. The van der Waals surface area contributed by atoms with Crippen molar-refractivity contribution in [3.8, 4) is 0 Å². The van der Waals surface area contributed by atoms with Gasteiger partial charge in [0.1, 0.15) is 0 Å². The first-order valence-electron chi connectivity index (χ1n) is 9.09. The maximum absolute atomic E-state index is 12.7. The van der Waals surface area contributed by atoms with Gasteiger partial charge in [0.15, 0.2) is 0 Å². The number of hydrogen-bond acceptors (Lipinski definition) is 6. The fraction of sp³-hybridized carbons (Fsp3) is 0.250. The number of anilines is 1. The molecule has 2 aromatic carbocycles. The van der Waals surface area contributed by atoms with Crippen molar-refractivity contribution in [2.75, 3.05) is 5.32 Å². The fourth-order valence-corrected chi connectivity index (χ4v) is 5.00. The molecule has 0 radical (unpaired) electrons. The molecule has 29 heavy (non-hydrogen) atoms. The maximum atomic E-state index is 12.7. The Morgan fingerprint density at radius 3 is 2.41 bits per heavy atom. The minimum Gasteiger partial charge on any atom is -0.296 e. The van der Waals surface area contributed by atoms with Crippen molar-refractivity contribution < 1.29 is 13.2 Å². The molecular formula is C20H22N4O3S2. The minimum absolute atomic E-state index is 0.127. The average Bonchev–Trinajstić information content (AvgIpc) is 3.16. The van der Waals surface area contributed by atoms with Gasteiger partial charge in [0.2, 0.25) is 9.47 Å². The van der Waals surface area contributed by atoms with Gasteiger partial charge in [0.05, 0.1) is 0 Å². The highest BCUT2D eigenvalue weighted by atomic mass is 32.2. The molecule has 1 aromatic heterocycles. The summed E-state index contributed by atoms with van der Waals surface area (Å²) in [7, 11) is -3.87. The number of rotatable bonds is 7. The molecule has 1 atom stereocenters. The molecule has 1 amide bonds. The number of nitrogens with zero attached hydrogens (tertiary/aromatic N) is 2. The van der Waals surface area contributed by atoms with E-state index in [9.17, 15) is 13.2 Å². The molecule has 2 N–H and O–H groups in total. The molecular weight excluding hydrogens is 408 g/mol. The molecule has 3 aromatic rings. The van der Waals surface area contributed by atoms with Crippen LogP contribution in [0.25, 0.3) is 0 Å². The smallest absolute Gasteiger partial charge is 0.270 e. The van der Waals surface area contributed by atoms with Crippen LogP contribution < -0.4 is 10.0 Å². The van der Waals surface area contributed by atoms with Crippen LogP contribution in [0.1, 0.15) is 46.4 Å². The van der Waals surface area contributed by atoms with Crippen LogP contribution in [0.4, 0.5) is 5.13 Å². The number of amides is 1. The van der Waals surface area contributed by atoms with Gasteiger partial charge >= 0.3 is 0 Å². The van der Waals surface area contributed by atoms with Gasteiger partial charge in [-0.3, -0.25) is 10.1 Å². The van der Waals surface area contributed by atoms with Crippen LogP contribution in [0.2, 0.25) is 0 Å². The van der Waals surface area contributed by atoms with Crippen LogP contribution in [-0.4, -0.2) is 24.5 Å². The minimum atomic E-state index is -3.87. The van der Waals surface area contributed by atoms with E-state index in [-0.39, 0.29) is 21.4 Å². The van der Waals surface area contributed by atoms with Crippen molar-refractivity contribution in [2.45, 2.75) is 37.6 Å². The maximum Gasteiger partial charge on any atom is 0.270 e. The summed E-state index contributed by atoms with van der Waals surface area (Å²) in [5, 5.41) is 10.3. The van der Waals surface area contributed by atoms with E-state index in [1.807, 2.05) is 57.2 Å². The first-order valence-corrected chi connectivity index (χ1v) is 11.4. The Balaban J connectivity index is 1.75. The monoisotopic (exact) mass is 430 g/mol. The van der Waals surface area contributed by atoms with E-state index in [0.29, 0.717) is 12.0 Å². The lowest BCUT2D eigenvalue weighted by atomic mass is 10.0. The highest BCUT2D eigenvalue weighted by Gasteiger charge is 2.25. The second-order valence-corrected chi connectivity index (χ2v) is 9.50. The number of carbonyl (C=O) groups excluding carboxylic acids is 1. The molecule has 0 saturated carbocycles. The van der Waals surface area contributed by atoms with Crippen molar-refractivity contribution >= 4 is 32.4 Å². The van der Waals surface area contributed by atoms with Crippen LogP contribution in [0.15, 0.2) is 52.9 Å². The van der Waals surface area contributed by atoms with Gasteiger partial charge in [-0.25, -0.2) is 13.1 Å². The number of aromatic nitrogens is 2. The second kappa shape index (κ2) is 8.81. The van der Waals surface area contributed by atoms with Crippen molar-refractivity contribution in [3.05, 3.63) is 70.8 Å². The first-order chi connectivity index (χ1) is 13.8. The molecule has 3 rings (SSSR count). The molecule has 0 fully saturated rings. The number of sulfonamides is 1. The summed E-state index contributed by atoms with van der Waals surface area (Å²) in [5.74, 6) is -0.359. The summed E-state index contributed by atoms with van der Waals surface area (Å²) in [6, 6.07) is 14.4. The Morgan fingerprint density at radius 2 is 1.76 bits per heavy atom. The Hall–Kier alpha value is -2.62. The van der Waals surface area contributed by atoms with E-state index < -0.39 is 10.0 Å². The van der Waals surface area contributed by atoms with Crippen LogP contribution in [-0.2, 0) is 10.0 Å². The Kier molecular flexibility index (Phi) is 6.41. The van der Waals surface area contributed by atoms with E-state index in [1.165, 1.54) is 0 Å². The molecule has 1 heterocycles. The van der Waals surface area contributed by atoms with E-state index in [0.717, 1.165) is 28.0 Å². The van der Waals surface area contributed by atoms with Crippen molar-refractivity contribution in [2.24, 2.45) is 0 Å². The number of carbonyl (C=O) groups is 1. The van der Waals surface area contributed by atoms with Crippen LogP contribution in [0.3, 0.4) is 0 Å². The normalized spacial score (nSPS) is 12.5. The van der Waals surface area contributed by atoms with E-state index in [4.69, 9.17) is 0 Å². The predicted molar refractivity (Wildman–Crippen MR) is 114 cm³/mol. The average molecular weight is 431 g/mol. The zero-order chi connectivity index (χ0) is 21.0. The molecule has 0 spiro atoms. The molecule has 0 aliphatic heterocycles. The van der Waals surface area contributed by atoms with Crippen molar-refractivity contribution in [1.29, 1.82) is 0 Å². The van der Waals surface area contributed by atoms with Gasteiger partial charge in [-0.15, -0.1) is 10.2 Å². The lowest BCUT2D eigenvalue weighted by molar-refractivity contribution is 0.102. The summed E-state index contributed by atoms with van der Waals surface area (Å²) >= 11 is 0.814. The first kappa shape index (κ1) is 21.1. The molecule has 7 nitrogen and oxygen atoms in total. The molecule has 0 saturated heterocycles. The Bertz CT molecular complexity index is 1110. The topological polar surface area (TPSA) is 101 Å². The van der Waals surface area contributed by atoms with Crippen molar-refractivity contribution in [3.63, 3.8) is 0 Å². The van der Waals surface area contributed by atoms with E-state index in [2.05, 4.69) is 20.2 Å². The predicted octanol–water partition coefficient (Wildman–Crippen LogP) is 3.84. The summed E-state index contributed by atoms with van der Waals surface area (Å²) in [6.07, 6.45) is 0.581. The number of aryl methyl sites for hydroxylation is 2. The third kappa shape index (κ3) is 5.06. The summed E-state index contributed by atoms with van der Waals surface area (Å²) in [4.78, 5) is 12.4. The molecule has 0 aliphatic carbocycles. The van der Waals surface area contributed by atoms with Crippen molar-refractivity contribution in [1.82, 2.24) is 14.9 Å². The van der Waals surface area contributed by atoms with Crippen LogP contribution >= 0.6 is 11.3 Å². The standard InChI is InChI=1S/C20H22N4O3S2/c1-4-17(15-11-9-13(2)10-12-15)24-29(26,27)20-23-22-19(28-20)21-18(25)16-8-6-5-7-14(16)3/h5-12,17,24H,4H2,1-3H3,(H,21,22,25). The van der Waals surface area contributed by atoms with E-state index in [1.54, 1.807) is 12.1 Å². The second-order valence-electron chi connectivity index (χ2n) is 6.63. The summed E-state index contributed by atoms with van der Waals surface area (Å²) in [5.41, 5.74) is 3.28. The quantitative estimate of drug-likeness (QED) is 0.555. The molecule has 9 heteroatoms. The van der Waals surface area contributed by atoms with Crippen LogP contribution in [0.5, 0.6) is 0 Å². The zero-order valence-electron chi connectivity index (χ0n) is 16.3. The lowest BCUT2D eigenvalue weighted by Gasteiger charge is -2.16. The van der Waals surface area contributed by atoms with Gasteiger partial charge in [-0.05, 0) is 37.5 Å². The largest absolute Gasteiger partial charge is 0.296 e. The number of benzene rings is 2. The van der Waals surface area contributed by atoms with Gasteiger partial charge in [0, 0.05) is 11.6 Å². The SMILES string of the molecule is CCC(NS(=O)(=O)c1nnc(NC(=O)c2ccccc2C)s1)c1ccc(C)cc1. The van der Waals surface area contributed by atoms with E-state index >= 15 is 0 Å². The highest BCUT2D eigenvalue weighted by Crippen LogP contribution is 2.24. The van der Waals surface area contributed by atoms with Gasteiger partial charge in [-0.2, -0.15) is 0 Å². The lowest BCUT2D eigenvalue weighted by Crippen LogP contribution is -2.28. The van der Waals surface area contributed by atoms with Gasteiger partial charge in [0.25, 0.3) is 15.9 Å². The fourth-order valence-electron chi connectivity index (χ4n) is 2.78. The summed E-state index contributed by atoms with van der Waals surface area (Å²) < 4.78 is 28.0. The van der Waals surface area contributed by atoms with Gasteiger partial charge < -0.3 is 0 Å². The molecule has 0 bridgehead atoms. The van der Waals surface area contributed by atoms with Gasteiger partial charge in [-0.1, -0.05) is 66.3 Å². The Morgan fingerprint density at radius 1 is 1.07 bits per heavy atom. The number of hydrogen-bond donors (Lipinski definition) is 2. The third-order valence-electron chi connectivity index (χ3n) is 4.43.